The number of rotatable bonds is 6. The SMILES string of the molecule is CN=C(NCCn1ccnc1)NCC(C)c1cccc(C)c1. The van der Waals surface area contributed by atoms with Gasteiger partial charge in [0.05, 0.1) is 6.33 Å². The summed E-state index contributed by atoms with van der Waals surface area (Å²) in [5.74, 6) is 1.27. The van der Waals surface area contributed by atoms with Crippen molar-refractivity contribution in [3.63, 3.8) is 0 Å². The molecule has 0 bridgehead atoms. The number of aromatic nitrogens is 2. The van der Waals surface area contributed by atoms with Crippen molar-refractivity contribution in [1.82, 2.24) is 20.2 Å². The molecule has 1 unspecified atom stereocenters. The number of nitrogens with one attached hydrogen (secondary N) is 2. The van der Waals surface area contributed by atoms with Crippen LogP contribution in [0.1, 0.15) is 24.0 Å². The smallest absolute Gasteiger partial charge is 0.191 e. The van der Waals surface area contributed by atoms with E-state index in [2.05, 4.69) is 58.7 Å². The highest BCUT2D eigenvalue weighted by Crippen LogP contribution is 2.15. The van der Waals surface area contributed by atoms with Gasteiger partial charge < -0.3 is 15.2 Å². The summed E-state index contributed by atoms with van der Waals surface area (Å²) >= 11 is 0. The number of nitrogens with zero attached hydrogens (tertiary/aromatic N) is 3. The number of benzene rings is 1. The van der Waals surface area contributed by atoms with E-state index in [0.29, 0.717) is 5.92 Å². The molecular weight excluding hydrogens is 274 g/mol. The van der Waals surface area contributed by atoms with Gasteiger partial charge in [0.25, 0.3) is 0 Å². The summed E-state index contributed by atoms with van der Waals surface area (Å²) in [7, 11) is 1.80. The van der Waals surface area contributed by atoms with Crippen molar-refractivity contribution in [2.75, 3.05) is 20.1 Å². The zero-order valence-electron chi connectivity index (χ0n) is 13.6. The first-order valence-corrected chi connectivity index (χ1v) is 7.66. The molecular formula is C17H25N5. The molecule has 0 spiro atoms. The van der Waals surface area contributed by atoms with Gasteiger partial charge in [-0.05, 0) is 18.4 Å². The van der Waals surface area contributed by atoms with Crippen molar-refractivity contribution in [2.45, 2.75) is 26.3 Å². The molecule has 5 nitrogen and oxygen atoms in total. The average Bonchev–Trinajstić information content (AvgIpc) is 3.03. The van der Waals surface area contributed by atoms with Gasteiger partial charge >= 0.3 is 0 Å². The minimum absolute atomic E-state index is 0.437. The minimum atomic E-state index is 0.437. The van der Waals surface area contributed by atoms with Crippen LogP contribution in [-0.2, 0) is 6.54 Å². The van der Waals surface area contributed by atoms with Crippen molar-refractivity contribution in [1.29, 1.82) is 0 Å². The van der Waals surface area contributed by atoms with Crippen molar-refractivity contribution in [3.05, 3.63) is 54.1 Å². The van der Waals surface area contributed by atoms with E-state index in [4.69, 9.17) is 0 Å². The molecule has 0 saturated carbocycles. The van der Waals surface area contributed by atoms with Crippen LogP contribution in [0.15, 0.2) is 48.0 Å². The van der Waals surface area contributed by atoms with E-state index in [9.17, 15) is 0 Å². The topological polar surface area (TPSA) is 54.2 Å². The lowest BCUT2D eigenvalue weighted by Crippen LogP contribution is -2.40. The van der Waals surface area contributed by atoms with Crippen LogP contribution in [0, 0.1) is 6.92 Å². The number of imidazole rings is 1. The molecule has 0 aliphatic carbocycles. The molecule has 1 aromatic heterocycles. The van der Waals surface area contributed by atoms with Crippen LogP contribution in [0.3, 0.4) is 0 Å². The second-order valence-electron chi connectivity index (χ2n) is 5.50. The Balaban J connectivity index is 1.76. The molecule has 2 aromatic rings. The molecule has 2 rings (SSSR count). The molecule has 2 N–H and O–H groups in total. The Bertz CT molecular complexity index is 589. The van der Waals surface area contributed by atoms with Crippen molar-refractivity contribution >= 4 is 5.96 Å². The third kappa shape index (κ3) is 4.91. The zero-order chi connectivity index (χ0) is 15.8. The van der Waals surface area contributed by atoms with Gasteiger partial charge in [0.1, 0.15) is 0 Å². The first kappa shape index (κ1) is 16.1. The molecule has 1 aromatic carbocycles. The monoisotopic (exact) mass is 299 g/mol. The maximum atomic E-state index is 4.26. The summed E-state index contributed by atoms with van der Waals surface area (Å²) < 4.78 is 2.04. The van der Waals surface area contributed by atoms with E-state index in [1.54, 1.807) is 13.2 Å². The van der Waals surface area contributed by atoms with Crippen molar-refractivity contribution in [2.24, 2.45) is 4.99 Å². The van der Waals surface area contributed by atoms with Gasteiger partial charge in [0.15, 0.2) is 5.96 Å². The lowest BCUT2D eigenvalue weighted by Gasteiger charge is -2.17. The summed E-state index contributed by atoms with van der Waals surface area (Å²) in [6, 6.07) is 8.65. The maximum Gasteiger partial charge on any atom is 0.191 e. The van der Waals surface area contributed by atoms with E-state index >= 15 is 0 Å². The fraction of sp³-hybridized carbons (Fsp3) is 0.412. The highest BCUT2D eigenvalue weighted by Gasteiger charge is 2.06. The fourth-order valence-corrected chi connectivity index (χ4v) is 2.29. The van der Waals surface area contributed by atoms with Crippen LogP contribution in [0.25, 0.3) is 0 Å². The van der Waals surface area contributed by atoms with Crippen LogP contribution in [0.4, 0.5) is 0 Å². The van der Waals surface area contributed by atoms with E-state index in [1.165, 1.54) is 11.1 Å². The molecule has 22 heavy (non-hydrogen) atoms. The first-order valence-electron chi connectivity index (χ1n) is 7.66. The third-order valence-electron chi connectivity index (χ3n) is 3.63. The summed E-state index contributed by atoms with van der Waals surface area (Å²) in [6.45, 7) is 6.89. The normalized spacial score (nSPS) is 13.0. The third-order valence-corrected chi connectivity index (χ3v) is 3.63. The van der Waals surface area contributed by atoms with Gasteiger partial charge in [-0.1, -0.05) is 36.8 Å². The largest absolute Gasteiger partial charge is 0.356 e. The minimum Gasteiger partial charge on any atom is -0.356 e. The van der Waals surface area contributed by atoms with Gasteiger partial charge in [0.2, 0.25) is 0 Å². The van der Waals surface area contributed by atoms with Gasteiger partial charge in [-0.25, -0.2) is 4.98 Å². The molecule has 0 radical (unpaired) electrons. The van der Waals surface area contributed by atoms with Gasteiger partial charge in [-0.3, -0.25) is 4.99 Å². The Morgan fingerprint density at radius 2 is 2.23 bits per heavy atom. The molecule has 0 aliphatic heterocycles. The summed E-state index contributed by atoms with van der Waals surface area (Å²) in [6.07, 6.45) is 5.56. The molecule has 0 amide bonds. The van der Waals surface area contributed by atoms with Crippen LogP contribution in [0.2, 0.25) is 0 Å². The molecule has 118 valence electrons. The van der Waals surface area contributed by atoms with E-state index in [0.717, 1.165) is 25.6 Å². The molecule has 1 heterocycles. The Morgan fingerprint density at radius 1 is 1.36 bits per heavy atom. The predicted octanol–water partition coefficient (Wildman–Crippen LogP) is 2.16. The summed E-state index contributed by atoms with van der Waals surface area (Å²) in [4.78, 5) is 8.29. The highest BCUT2D eigenvalue weighted by atomic mass is 15.2. The van der Waals surface area contributed by atoms with Crippen LogP contribution >= 0.6 is 0 Å². The first-order chi connectivity index (χ1) is 10.7. The van der Waals surface area contributed by atoms with E-state index < -0.39 is 0 Å². The number of aryl methyl sites for hydroxylation is 1. The van der Waals surface area contributed by atoms with Crippen LogP contribution in [0.5, 0.6) is 0 Å². The Morgan fingerprint density at radius 3 is 2.91 bits per heavy atom. The van der Waals surface area contributed by atoms with E-state index in [1.807, 2.05) is 17.1 Å². The quantitative estimate of drug-likeness (QED) is 0.635. The molecule has 0 saturated heterocycles. The lowest BCUT2D eigenvalue weighted by molar-refractivity contribution is 0.650. The Hall–Kier alpha value is -2.30. The lowest BCUT2D eigenvalue weighted by atomic mass is 9.99. The number of hydrogen-bond donors (Lipinski definition) is 2. The fourth-order valence-electron chi connectivity index (χ4n) is 2.29. The molecule has 0 aliphatic rings. The van der Waals surface area contributed by atoms with E-state index in [-0.39, 0.29) is 0 Å². The predicted molar refractivity (Wildman–Crippen MR) is 91.2 cm³/mol. The molecule has 1 atom stereocenters. The molecule has 5 heteroatoms. The second-order valence-corrected chi connectivity index (χ2v) is 5.50. The highest BCUT2D eigenvalue weighted by molar-refractivity contribution is 5.79. The van der Waals surface area contributed by atoms with Gasteiger partial charge in [0, 0.05) is 39.1 Å². The summed E-state index contributed by atoms with van der Waals surface area (Å²) in [5.41, 5.74) is 2.65. The number of guanidine groups is 1. The van der Waals surface area contributed by atoms with Crippen LogP contribution < -0.4 is 10.6 Å². The average molecular weight is 299 g/mol. The number of aliphatic imine (C=N–C) groups is 1. The number of hydrogen-bond acceptors (Lipinski definition) is 2. The maximum absolute atomic E-state index is 4.26. The van der Waals surface area contributed by atoms with Crippen LogP contribution in [-0.4, -0.2) is 35.6 Å². The van der Waals surface area contributed by atoms with Crippen molar-refractivity contribution < 1.29 is 0 Å². The van der Waals surface area contributed by atoms with Gasteiger partial charge in [-0.15, -0.1) is 0 Å². The molecule has 0 fully saturated rings. The second kappa shape index (κ2) is 8.22. The summed E-state index contributed by atoms with van der Waals surface area (Å²) in [5, 5.41) is 6.70. The Labute approximate surface area is 132 Å². The zero-order valence-corrected chi connectivity index (χ0v) is 13.6. The van der Waals surface area contributed by atoms with Gasteiger partial charge in [-0.2, -0.15) is 0 Å². The standard InChI is InChI=1S/C17H25N5/c1-14-5-4-6-16(11-14)15(2)12-21-17(18-3)20-8-10-22-9-7-19-13-22/h4-7,9,11,13,15H,8,10,12H2,1-3H3,(H2,18,20,21). The Kier molecular flexibility index (Phi) is 6.01. The van der Waals surface area contributed by atoms with Crippen molar-refractivity contribution in [3.8, 4) is 0 Å².